The van der Waals surface area contributed by atoms with Gasteiger partial charge in [-0.2, -0.15) is 0 Å². The Kier molecular flexibility index (Phi) is 6.28. The van der Waals surface area contributed by atoms with Crippen molar-refractivity contribution in [3.8, 4) is 16.9 Å². The molecule has 166 valence electrons. The molecule has 1 aliphatic heterocycles. The lowest BCUT2D eigenvalue weighted by Crippen LogP contribution is -2.39. The standard InChI is InChI=1S/C24H22ClFN2O4/c1-14(24(31)28-9-7-15(13-28)10-23(29)30)32-17-3-5-20-18(6-8-27-22(20)12-17)19-4-2-16(26)11-21(19)25/h2-6,8,11-12,14-15H,7,9-10,13H2,1H3,(H,29,30). The first-order valence-corrected chi connectivity index (χ1v) is 10.7. The zero-order chi connectivity index (χ0) is 22.8. The average Bonchev–Trinajstić information content (AvgIpc) is 3.20. The molecule has 0 bridgehead atoms. The van der Waals surface area contributed by atoms with Crippen LogP contribution >= 0.6 is 11.6 Å². The topological polar surface area (TPSA) is 79.7 Å². The summed E-state index contributed by atoms with van der Waals surface area (Å²) in [4.78, 5) is 29.7. The molecule has 0 saturated carbocycles. The molecule has 2 aromatic carbocycles. The normalized spacial score (nSPS) is 16.8. The zero-order valence-electron chi connectivity index (χ0n) is 17.4. The molecule has 3 aromatic rings. The third kappa shape index (κ3) is 4.67. The van der Waals surface area contributed by atoms with E-state index in [1.807, 2.05) is 12.1 Å². The van der Waals surface area contributed by atoms with Gasteiger partial charge in [0.2, 0.25) is 0 Å². The molecule has 1 saturated heterocycles. The summed E-state index contributed by atoms with van der Waals surface area (Å²) in [5.74, 6) is -0.949. The summed E-state index contributed by atoms with van der Waals surface area (Å²) in [5.41, 5.74) is 2.17. The van der Waals surface area contributed by atoms with E-state index in [9.17, 15) is 14.0 Å². The quantitative estimate of drug-likeness (QED) is 0.577. The van der Waals surface area contributed by atoms with Crippen LogP contribution in [0.15, 0.2) is 48.7 Å². The molecule has 1 fully saturated rings. The molecular formula is C24H22ClFN2O4. The fourth-order valence-electron chi connectivity index (χ4n) is 4.10. The van der Waals surface area contributed by atoms with Crippen molar-refractivity contribution < 1.29 is 23.8 Å². The lowest BCUT2D eigenvalue weighted by molar-refractivity contribution is -0.139. The van der Waals surface area contributed by atoms with Crippen molar-refractivity contribution in [2.24, 2.45) is 5.92 Å². The highest BCUT2D eigenvalue weighted by Gasteiger charge is 2.31. The lowest BCUT2D eigenvalue weighted by atomic mass is 10.0. The van der Waals surface area contributed by atoms with E-state index in [4.69, 9.17) is 21.4 Å². The van der Waals surface area contributed by atoms with Crippen LogP contribution in [0.1, 0.15) is 19.8 Å². The predicted octanol–water partition coefficient (Wildman–Crippen LogP) is 4.78. The van der Waals surface area contributed by atoms with E-state index in [1.54, 1.807) is 36.2 Å². The van der Waals surface area contributed by atoms with Crippen molar-refractivity contribution in [1.82, 2.24) is 9.88 Å². The molecule has 32 heavy (non-hydrogen) atoms. The number of carboxylic acids is 1. The summed E-state index contributed by atoms with van der Waals surface area (Å²) < 4.78 is 19.3. The Bertz CT molecular complexity index is 1190. The van der Waals surface area contributed by atoms with E-state index in [0.29, 0.717) is 41.4 Å². The van der Waals surface area contributed by atoms with Gasteiger partial charge in [0.05, 0.1) is 10.5 Å². The van der Waals surface area contributed by atoms with Crippen LogP contribution in [-0.2, 0) is 9.59 Å². The van der Waals surface area contributed by atoms with Gasteiger partial charge in [-0.05, 0) is 61.2 Å². The number of nitrogens with zero attached hydrogens (tertiary/aromatic N) is 2. The number of pyridine rings is 1. The lowest BCUT2D eigenvalue weighted by Gasteiger charge is -2.22. The van der Waals surface area contributed by atoms with Crippen molar-refractivity contribution in [3.63, 3.8) is 0 Å². The molecule has 4 rings (SSSR count). The van der Waals surface area contributed by atoms with Crippen LogP contribution in [-0.4, -0.2) is 46.1 Å². The number of carbonyl (C=O) groups excluding carboxylic acids is 1. The Morgan fingerprint density at radius 1 is 1.25 bits per heavy atom. The second kappa shape index (κ2) is 9.12. The highest BCUT2D eigenvalue weighted by molar-refractivity contribution is 6.33. The first-order valence-electron chi connectivity index (χ1n) is 10.3. The molecule has 1 N–H and O–H groups in total. The van der Waals surface area contributed by atoms with Crippen molar-refractivity contribution in [1.29, 1.82) is 0 Å². The van der Waals surface area contributed by atoms with Crippen LogP contribution in [0.4, 0.5) is 4.39 Å². The van der Waals surface area contributed by atoms with Crippen molar-refractivity contribution in [2.45, 2.75) is 25.9 Å². The van der Waals surface area contributed by atoms with E-state index in [0.717, 1.165) is 10.9 Å². The largest absolute Gasteiger partial charge is 0.481 e. The highest BCUT2D eigenvalue weighted by atomic mass is 35.5. The second-order valence-corrected chi connectivity index (χ2v) is 8.37. The van der Waals surface area contributed by atoms with Crippen LogP contribution in [0, 0.1) is 11.7 Å². The fraction of sp³-hybridized carbons (Fsp3) is 0.292. The highest BCUT2D eigenvalue weighted by Crippen LogP contribution is 2.34. The number of halogens is 2. The first-order chi connectivity index (χ1) is 15.3. The minimum absolute atomic E-state index is 0.0229. The number of rotatable bonds is 6. The number of aliphatic carboxylic acids is 1. The smallest absolute Gasteiger partial charge is 0.303 e. The summed E-state index contributed by atoms with van der Waals surface area (Å²) in [6.07, 6.45) is 1.67. The van der Waals surface area contributed by atoms with Gasteiger partial charge in [-0.1, -0.05) is 11.6 Å². The van der Waals surface area contributed by atoms with E-state index in [1.165, 1.54) is 12.1 Å². The van der Waals surface area contributed by atoms with Gasteiger partial charge in [0.1, 0.15) is 11.6 Å². The summed E-state index contributed by atoms with van der Waals surface area (Å²) in [6.45, 7) is 2.64. The van der Waals surface area contributed by atoms with Gasteiger partial charge in [0.25, 0.3) is 5.91 Å². The van der Waals surface area contributed by atoms with Crippen LogP contribution in [0.5, 0.6) is 5.75 Å². The predicted molar refractivity (Wildman–Crippen MR) is 119 cm³/mol. The molecule has 1 aliphatic rings. The van der Waals surface area contributed by atoms with Gasteiger partial charge in [-0.25, -0.2) is 4.39 Å². The number of hydrogen-bond donors (Lipinski definition) is 1. The molecule has 0 radical (unpaired) electrons. The third-order valence-corrected chi connectivity index (χ3v) is 5.97. The molecule has 1 amide bonds. The summed E-state index contributed by atoms with van der Waals surface area (Å²) >= 11 is 6.24. The van der Waals surface area contributed by atoms with Gasteiger partial charge >= 0.3 is 5.97 Å². The SMILES string of the molecule is CC(Oc1ccc2c(-c3ccc(F)cc3Cl)ccnc2c1)C(=O)N1CCC(CC(=O)O)C1. The van der Waals surface area contributed by atoms with E-state index in [2.05, 4.69) is 4.98 Å². The number of carboxylic acid groups (broad SMARTS) is 1. The number of amides is 1. The van der Waals surface area contributed by atoms with Crippen LogP contribution in [0.2, 0.25) is 5.02 Å². The maximum absolute atomic E-state index is 13.4. The first kappa shape index (κ1) is 22.0. The Balaban J connectivity index is 1.51. The molecule has 1 aromatic heterocycles. The molecule has 0 aliphatic carbocycles. The van der Waals surface area contributed by atoms with Crippen molar-refractivity contribution in [2.75, 3.05) is 13.1 Å². The number of aromatic nitrogens is 1. The van der Waals surface area contributed by atoms with Crippen LogP contribution in [0.3, 0.4) is 0 Å². The van der Waals surface area contributed by atoms with E-state index >= 15 is 0 Å². The Morgan fingerprint density at radius 3 is 2.81 bits per heavy atom. The van der Waals surface area contributed by atoms with E-state index in [-0.39, 0.29) is 18.2 Å². The third-order valence-electron chi connectivity index (χ3n) is 5.66. The van der Waals surface area contributed by atoms with Gasteiger partial charge in [-0.3, -0.25) is 14.6 Å². The van der Waals surface area contributed by atoms with Crippen LogP contribution < -0.4 is 4.74 Å². The Morgan fingerprint density at radius 2 is 2.06 bits per heavy atom. The number of benzene rings is 2. The number of fused-ring (bicyclic) bond motifs is 1. The minimum atomic E-state index is -0.849. The van der Waals surface area contributed by atoms with Crippen molar-refractivity contribution >= 4 is 34.4 Å². The molecule has 0 spiro atoms. The molecule has 2 heterocycles. The fourth-order valence-corrected chi connectivity index (χ4v) is 4.37. The molecule has 2 unspecified atom stereocenters. The summed E-state index contributed by atoms with van der Waals surface area (Å²) in [6, 6.07) is 11.4. The maximum atomic E-state index is 13.4. The maximum Gasteiger partial charge on any atom is 0.303 e. The number of carbonyl (C=O) groups is 2. The zero-order valence-corrected chi connectivity index (χ0v) is 18.2. The Hall–Kier alpha value is -3.19. The Labute approximate surface area is 189 Å². The minimum Gasteiger partial charge on any atom is -0.481 e. The number of likely N-dealkylation sites (tertiary alicyclic amines) is 1. The average molecular weight is 457 g/mol. The monoisotopic (exact) mass is 456 g/mol. The summed E-state index contributed by atoms with van der Waals surface area (Å²) in [7, 11) is 0. The van der Waals surface area contributed by atoms with Gasteiger partial charge in [0, 0.05) is 42.7 Å². The molecular weight excluding hydrogens is 435 g/mol. The van der Waals surface area contributed by atoms with E-state index < -0.39 is 17.9 Å². The van der Waals surface area contributed by atoms with Gasteiger partial charge < -0.3 is 14.7 Å². The molecule has 2 atom stereocenters. The van der Waals surface area contributed by atoms with Gasteiger partial charge in [-0.15, -0.1) is 0 Å². The number of hydrogen-bond acceptors (Lipinski definition) is 4. The second-order valence-electron chi connectivity index (χ2n) is 7.96. The van der Waals surface area contributed by atoms with Crippen LogP contribution in [0.25, 0.3) is 22.0 Å². The number of ether oxygens (including phenoxy) is 1. The van der Waals surface area contributed by atoms with Gasteiger partial charge in [0.15, 0.2) is 6.10 Å². The van der Waals surface area contributed by atoms with Crippen molar-refractivity contribution in [3.05, 3.63) is 59.5 Å². The molecule has 6 nitrogen and oxygen atoms in total. The molecule has 8 heteroatoms. The summed E-state index contributed by atoms with van der Waals surface area (Å²) in [5, 5.41) is 10.1.